The smallest absolute Gasteiger partial charge is 0.306 e. The Kier molecular flexibility index (Phi) is 10.1. The van der Waals surface area contributed by atoms with Crippen LogP contribution in [-0.2, 0) is 14.3 Å². The number of fused-ring (bicyclic) bond motifs is 7. The van der Waals surface area contributed by atoms with Crippen molar-refractivity contribution in [3.8, 4) is 0 Å². The van der Waals surface area contributed by atoms with E-state index in [0.717, 1.165) is 37.8 Å². The number of nitrogens with one attached hydrogen (secondary N) is 2. The molecule has 49 heavy (non-hydrogen) atoms. The normalized spacial score (nSPS) is 44.3. The van der Waals surface area contributed by atoms with Gasteiger partial charge in [0, 0.05) is 18.0 Å². The molecule has 11 atom stereocenters. The monoisotopic (exact) mass is 681 g/mol. The maximum absolute atomic E-state index is 13.2. The fraction of sp³-hybridized carbons (Fsp3) is 0.907. The second-order valence-corrected chi connectivity index (χ2v) is 20.5. The zero-order valence-electron chi connectivity index (χ0n) is 32.6. The quantitative estimate of drug-likeness (QED) is 0.115. The van der Waals surface area contributed by atoms with Crippen LogP contribution in [0.2, 0.25) is 0 Å². The highest BCUT2D eigenvalue weighted by Crippen LogP contribution is 2.78. The summed E-state index contributed by atoms with van der Waals surface area (Å²) in [5.41, 5.74) is 2.04. The molecule has 6 fully saturated rings. The van der Waals surface area contributed by atoms with Crippen LogP contribution in [0.5, 0.6) is 0 Å². The summed E-state index contributed by atoms with van der Waals surface area (Å²) >= 11 is 0. The predicted octanol–water partition coefficient (Wildman–Crippen LogP) is 9.18. The number of hydrogen-bond donors (Lipinski definition) is 3. The Labute approximate surface area is 299 Å². The largest absolute Gasteiger partial charge is 0.481 e. The summed E-state index contributed by atoms with van der Waals surface area (Å²) in [4.78, 5) is 24.6. The molecule has 0 aromatic heterocycles. The number of carbonyl (C=O) groups excluding carboxylic acids is 1. The van der Waals surface area contributed by atoms with Gasteiger partial charge in [0.15, 0.2) is 0 Å². The van der Waals surface area contributed by atoms with Crippen LogP contribution < -0.4 is 10.6 Å². The molecule has 3 N–H and O–H groups in total. The molecule has 0 radical (unpaired) electrons. The second-order valence-electron chi connectivity index (χ2n) is 20.5. The molecular weight excluding hydrogens is 608 g/mol. The SMILES string of the molecule is C=C(C)[C@@H]1CC[C@]2(CCNCC3CCCN3)CC[C@]3(C)[C@H](CC[C@@H]4[C@@]5(C)CC[C@H](OC(=O)CC(C)(C)CC(=O)O)C(C)(C)[C@@H]5CC[C@]43C)[C@@H]12. The van der Waals surface area contributed by atoms with Gasteiger partial charge < -0.3 is 20.5 Å². The van der Waals surface area contributed by atoms with Crippen molar-refractivity contribution in [2.24, 2.45) is 62.1 Å². The number of ether oxygens (including phenoxy) is 1. The van der Waals surface area contributed by atoms with Crippen LogP contribution in [0.25, 0.3) is 0 Å². The van der Waals surface area contributed by atoms with Crippen molar-refractivity contribution >= 4 is 11.9 Å². The predicted molar refractivity (Wildman–Crippen MR) is 198 cm³/mol. The van der Waals surface area contributed by atoms with E-state index in [1.54, 1.807) is 0 Å². The van der Waals surface area contributed by atoms with E-state index in [2.05, 4.69) is 58.8 Å². The first-order valence-corrected chi connectivity index (χ1v) is 20.4. The van der Waals surface area contributed by atoms with E-state index in [4.69, 9.17) is 4.74 Å². The molecule has 1 unspecified atom stereocenters. The topological polar surface area (TPSA) is 87.7 Å². The highest BCUT2D eigenvalue weighted by atomic mass is 16.5. The van der Waals surface area contributed by atoms with Crippen molar-refractivity contribution < 1.29 is 19.4 Å². The molecule has 0 aromatic rings. The average molecular weight is 681 g/mol. The number of allylic oxidation sites excluding steroid dienone is 1. The summed E-state index contributed by atoms with van der Waals surface area (Å²) in [6, 6.07) is 0.657. The molecule has 6 aliphatic rings. The van der Waals surface area contributed by atoms with Gasteiger partial charge in [-0.3, -0.25) is 9.59 Å². The van der Waals surface area contributed by atoms with Crippen LogP contribution >= 0.6 is 0 Å². The Morgan fingerprint density at radius 1 is 0.898 bits per heavy atom. The van der Waals surface area contributed by atoms with Gasteiger partial charge in [0.05, 0.1) is 12.8 Å². The molecule has 1 aliphatic heterocycles. The first kappa shape index (κ1) is 37.4. The number of carboxylic acids is 1. The number of rotatable bonds is 11. The summed E-state index contributed by atoms with van der Waals surface area (Å²) in [5, 5.41) is 16.9. The summed E-state index contributed by atoms with van der Waals surface area (Å²) < 4.78 is 6.30. The fourth-order valence-electron chi connectivity index (χ4n) is 14.5. The van der Waals surface area contributed by atoms with Crippen LogP contribution in [-0.4, -0.2) is 48.8 Å². The van der Waals surface area contributed by atoms with Crippen LogP contribution in [0.15, 0.2) is 12.2 Å². The standard InChI is InChI=1S/C43H72N2O4/c1-28(2)30-14-19-43(22-24-44-27-29-11-10-23-45-29)21-20-41(8)31(37(30)43)12-13-33-40(7)17-16-34(39(5,6)32(40)15-18-42(33,41)9)49-36(48)26-38(3,4)25-35(46)47/h29-34,37,44-45H,1,10-27H2,2-9H3,(H,46,47)/t29?,30-,31+,32-,33+,34-,37+,40-,41+,42+,43+/m0/s1. The third kappa shape index (κ3) is 6.37. The first-order valence-electron chi connectivity index (χ1n) is 20.4. The molecule has 6 heteroatoms. The lowest BCUT2D eigenvalue weighted by Crippen LogP contribution is -2.66. The van der Waals surface area contributed by atoms with Gasteiger partial charge in [-0.25, -0.2) is 0 Å². The molecule has 1 saturated heterocycles. The van der Waals surface area contributed by atoms with Gasteiger partial charge in [-0.15, -0.1) is 0 Å². The lowest BCUT2D eigenvalue weighted by molar-refractivity contribution is -0.250. The summed E-state index contributed by atoms with van der Waals surface area (Å²) in [5.74, 6) is 2.28. The van der Waals surface area contributed by atoms with Crippen LogP contribution in [0.4, 0.5) is 0 Å². The van der Waals surface area contributed by atoms with E-state index in [9.17, 15) is 14.7 Å². The highest BCUT2D eigenvalue weighted by Gasteiger charge is 2.71. The molecule has 0 aromatic carbocycles. The third-order valence-corrected chi connectivity index (χ3v) is 17.1. The van der Waals surface area contributed by atoms with E-state index in [1.165, 1.54) is 82.7 Å². The number of hydrogen-bond acceptors (Lipinski definition) is 5. The van der Waals surface area contributed by atoms with E-state index in [-0.39, 0.29) is 35.7 Å². The zero-order valence-corrected chi connectivity index (χ0v) is 32.6. The summed E-state index contributed by atoms with van der Waals surface area (Å²) in [6.07, 6.45) is 16.6. The lowest BCUT2D eigenvalue weighted by atomic mass is 9.32. The summed E-state index contributed by atoms with van der Waals surface area (Å²) in [6.45, 7) is 26.9. The lowest BCUT2D eigenvalue weighted by Gasteiger charge is -2.73. The third-order valence-electron chi connectivity index (χ3n) is 17.1. The second kappa shape index (κ2) is 13.2. The van der Waals surface area contributed by atoms with Crippen LogP contribution in [0.3, 0.4) is 0 Å². The van der Waals surface area contributed by atoms with E-state index in [0.29, 0.717) is 40.0 Å². The van der Waals surface area contributed by atoms with Gasteiger partial charge in [0.1, 0.15) is 6.10 Å². The van der Waals surface area contributed by atoms with Crippen molar-refractivity contribution in [1.82, 2.24) is 10.6 Å². The van der Waals surface area contributed by atoms with Crippen molar-refractivity contribution in [3.05, 3.63) is 12.2 Å². The van der Waals surface area contributed by atoms with E-state index >= 15 is 0 Å². The van der Waals surface area contributed by atoms with Gasteiger partial charge >= 0.3 is 11.9 Å². The highest BCUT2D eigenvalue weighted by molar-refractivity contribution is 5.73. The van der Waals surface area contributed by atoms with Crippen molar-refractivity contribution in [3.63, 3.8) is 0 Å². The molecule has 1 heterocycles. The molecule has 278 valence electrons. The van der Waals surface area contributed by atoms with Gasteiger partial charge in [0.25, 0.3) is 0 Å². The Balaban J connectivity index is 1.19. The Morgan fingerprint density at radius 2 is 1.65 bits per heavy atom. The average Bonchev–Trinajstić information content (AvgIpc) is 3.65. The van der Waals surface area contributed by atoms with Crippen molar-refractivity contribution in [2.75, 3.05) is 19.6 Å². The fourth-order valence-corrected chi connectivity index (χ4v) is 14.5. The molecule has 0 spiro atoms. The Bertz CT molecular complexity index is 1270. The maximum atomic E-state index is 13.2. The van der Waals surface area contributed by atoms with Crippen molar-refractivity contribution in [1.29, 1.82) is 0 Å². The van der Waals surface area contributed by atoms with Gasteiger partial charge in [-0.2, -0.15) is 0 Å². The molecule has 0 bridgehead atoms. The minimum absolute atomic E-state index is 0.0268. The zero-order chi connectivity index (χ0) is 35.6. The minimum atomic E-state index is -0.865. The van der Waals surface area contributed by atoms with Gasteiger partial charge in [-0.05, 0) is 160 Å². The van der Waals surface area contributed by atoms with Gasteiger partial charge in [0.2, 0.25) is 0 Å². The number of esters is 1. The molecule has 5 saturated carbocycles. The molecular formula is C43H72N2O4. The molecule has 6 nitrogen and oxygen atoms in total. The Hall–Kier alpha value is -1.40. The number of carboxylic acid groups (broad SMARTS) is 1. The maximum Gasteiger partial charge on any atom is 0.306 e. The molecule has 0 amide bonds. The van der Waals surface area contributed by atoms with E-state index in [1.807, 2.05) is 13.8 Å². The Morgan fingerprint density at radius 3 is 2.33 bits per heavy atom. The van der Waals surface area contributed by atoms with Crippen LogP contribution in [0.1, 0.15) is 152 Å². The minimum Gasteiger partial charge on any atom is -0.481 e. The first-order chi connectivity index (χ1) is 22.9. The van der Waals surface area contributed by atoms with Crippen LogP contribution in [0, 0.1) is 62.1 Å². The van der Waals surface area contributed by atoms with Gasteiger partial charge in [-0.1, -0.05) is 60.6 Å². The number of carbonyl (C=O) groups is 2. The molecule has 5 aliphatic carbocycles. The molecule has 6 rings (SSSR count). The van der Waals surface area contributed by atoms with Crippen molar-refractivity contribution in [2.45, 2.75) is 164 Å². The van der Waals surface area contributed by atoms with E-state index < -0.39 is 11.4 Å². The number of aliphatic carboxylic acids is 1. The summed E-state index contributed by atoms with van der Waals surface area (Å²) in [7, 11) is 0.